The molecular formula is C23H21ClN4O. The number of carbonyl (C=O) groups is 1. The minimum atomic E-state index is -0.182. The molecule has 0 radical (unpaired) electrons. The zero-order valence-corrected chi connectivity index (χ0v) is 17.0. The van der Waals surface area contributed by atoms with E-state index in [4.69, 9.17) is 11.6 Å². The smallest absolute Gasteiger partial charge is 0.296 e. The highest BCUT2D eigenvalue weighted by Gasteiger charge is 2.26. The summed E-state index contributed by atoms with van der Waals surface area (Å²) in [6.07, 6.45) is 6.07. The fraction of sp³-hybridized carbons (Fsp3) is 0.174. The third-order valence-corrected chi connectivity index (χ3v) is 5.36. The van der Waals surface area contributed by atoms with Gasteiger partial charge in [0.05, 0.1) is 12.3 Å². The van der Waals surface area contributed by atoms with Crippen LogP contribution in [0.1, 0.15) is 18.1 Å². The monoisotopic (exact) mass is 404 g/mol. The van der Waals surface area contributed by atoms with Gasteiger partial charge in [-0.25, -0.2) is 9.80 Å². The maximum absolute atomic E-state index is 13.1. The van der Waals surface area contributed by atoms with Gasteiger partial charge in [0.15, 0.2) is 0 Å². The Hall–Kier alpha value is -3.18. The molecule has 2 aromatic carbocycles. The lowest BCUT2D eigenvalue weighted by molar-refractivity contribution is 0.190. The molecule has 3 aromatic rings. The average molecular weight is 405 g/mol. The fourth-order valence-electron chi connectivity index (χ4n) is 3.43. The van der Waals surface area contributed by atoms with Crippen LogP contribution in [-0.2, 0) is 6.42 Å². The average Bonchev–Trinajstić information content (AvgIpc) is 2.91. The van der Waals surface area contributed by atoms with Crippen LogP contribution in [0.5, 0.6) is 0 Å². The minimum Gasteiger partial charge on any atom is -0.296 e. The van der Waals surface area contributed by atoms with Crippen LogP contribution in [0.2, 0.25) is 5.02 Å². The summed E-state index contributed by atoms with van der Waals surface area (Å²) in [4.78, 5) is 18.7. The molecule has 2 amide bonds. The largest absolute Gasteiger partial charge is 0.344 e. The summed E-state index contributed by atoms with van der Waals surface area (Å²) in [6.45, 7) is 2.01. The summed E-state index contributed by atoms with van der Waals surface area (Å²) in [7, 11) is 1.74. The fourth-order valence-corrected chi connectivity index (χ4v) is 3.56. The highest BCUT2D eigenvalue weighted by atomic mass is 35.5. The molecule has 0 saturated heterocycles. The summed E-state index contributed by atoms with van der Waals surface area (Å²) < 4.78 is 0. The van der Waals surface area contributed by atoms with Gasteiger partial charge in [0.25, 0.3) is 0 Å². The third-order valence-electron chi connectivity index (χ3n) is 5.11. The molecule has 0 fully saturated rings. The molecule has 146 valence electrons. The molecule has 1 aliphatic heterocycles. The van der Waals surface area contributed by atoms with Crippen LogP contribution < -0.4 is 4.90 Å². The van der Waals surface area contributed by atoms with Crippen molar-refractivity contribution in [3.8, 4) is 11.1 Å². The number of rotatable bonds is 2. The van der Waals surface area contributed by atoms with E-state index in [1.807, 2.05) is 31.2 Å². The lowest BCUT2D eigenvalue weighted by atomic mass is 9.97. The van der Waals surface area contributed by atoms with Crippen molar-refractivity contribution in [3.63, 3.8) is 0 Å². The number of fused-ring (bicyclic) bond motifs is 1. The first kappa shape index (κ1) is 19.2. The highest BCUT2D eigenvalue weighted by Crippen LogP contribution is 2.26. The van der Waals surface area contributed by atoms with Crippen LogP contribution >= 0.6 is 11.6 Å². The van der Waals surface area contributed by atoms with E-state index >= 15 is 0 Å². The summed E-state index contributed by atoms with van der Waals surface area (Å²) >= 11 is 5.96. The zero-order valence-electron chi connectivity index (χ0n) is 16.3. The first-order chi connectivity index (χ1) is 14.0. The molecule has 29 heavy (non-hydrogen) atoms. The first-order valence-corrected chi connectivity index (χ1v) is 9.80. The Kier molecular flexibility index (Phi) is 5.32. The SMILES string of the molecule is CC1Cc2ccc(-c3ccncc3)cc2C=NN1C(=O)N(C)c1ccc(Cl)cc1. The van der Waals surface area contributed by atoms with Gasteiger partial charge in [-0.05, 0) is 78.1 Å². The van der Waals surface area contributed by atoms with Gasteiger partial charge >= 0.3 is 6.03 Å². The molecule has 0 spiro atoms. The van der Waals surface area contributed by atoms with Gasteiger partial charge in [-0.3, -0.25) is 9.88 Å². The number of hydrogen-bond acceptors (Lipinski definition) is 3. The molecule has 1 unspecified atom stereocenters. The number of benzene rings is 2. The topological polar surface area (TPSA) is 48.8 Å². The van der Waals surface area contributed by atoms with E-state index in [-0.39, 0.29) is 12.1 Å². The van der Waals surface area contributed by atoms with E-state index < -0.39 is 0 Å². The second-order valence-electron chi connectivity index (χ2n) is 7.11. The highest BCUT2D eigenvalue weighted by molar-refractivity contribution is 6.30. The standard InChI is InChI=1S/C23H21ClN4O/c1-16-13-18-3-4-19(17-9-11-25-12-10-17)14-20(18)15-26-28(16)23(29)27(2)22-7-5-21(24)6-8-22/h3-12,14-16H,13H2,1-2H3. The van der Waals surface area contributed by atoms with Gasteiger partial charge in [-0.2, -0.15) is 5.10 Å². The number of urea groups is 1. The maximum Gasteiger partial charge on any atom is 0.344 e. The van der Waals surface area contributed by atoms with Gasteiger partial charge in [0, 0.05) is 30.2 Å². The molecule has 0 bridgehead atoms. The number of nitrogens with zero attached hydrogens (tertiary/aromatic N) is 4. The van der Waals surface area contributed by atoms with Crippen LogP contribution in [-0.4, -0.2) is 35.3 Å². The van der Waals surface area contributed by atoms with Crippen molar-refractivity contribution < 1.29 is 4.79 Å². The number of hydrazone groups is 1. The molecule has 1 aromatic heterocycles. The number of amides is 2. The van der Waals surface area contributed by atoms with Crippen LogP contribution in [0.15, 0.2) is 72.1 Å². The number of pyridine rings is 1. The van der Waals surface area contributed by atoms with Gasteiger partial charge in [-0.15, -0.1) is 0 Å². The normalized spacial score (nSPS) is 15.6. The summed E-state index contributed by atoms with van der Waals surface area (Å²) in [5, 5.41) is 6.70. The van der Waals surface area contributed by atoms with Crippen molar-refractivity contribution in [3.05, 3.63) is 83.1 Å². The molecule has 5 nitrogen and oxygen atoms in total. The van der Waals surface area contributed by atoms with Crippen LogP contribution in [0.3, 0.4) is 0 Å². The van der Waals surface area contributed by atoms with E-state index in [2.05, 4.69) is 28.3 Å². The van der Waals surface area contributed by atoms with Crippen molar-refractivity contribution in [1.29, 1.82) is 0 Å². The molecule has 4 rings (SSSR count). The van der Waals surface area contributed by atoms with Crippen molar-refractivity contribution in [2.45, 2.75) is 19.4 Å². The Morgan fingerprint density at radius 1 is 1.07 bits per heavy atom. The van der Waals surface area contributed by atoms with E-state index in [0.29, 0.717) is 5.02 Å². The van der Waals surface area contributed by atoms with Crippen molar-refractivity contribution in [2.75, 3.05) is 11.9 Å². The van der Waals surface area contributed by atoms with Crippen LogP contribution in [0.25, 0.3) is 11.1 Å². The van der Waals surface area contributed by atoms with Gasteiger partial charge < -0.3 is 0 Å². The molecule has 2 heterocycles. The lowest BCUT2D eigenvalue weighted by Crippen LogP contribution is -2.43. The van der Waals surface area contributed by atoms with Crippen molar-refractivity contribution in [2.24, 2.45) is 5.10 Å². The Morgan fingerprint density at radius 3 is 2.52 bits per heavy atom. The van der Waals surface area contributed by atoms with E-state index in [0.717, 1.165) is 28.8 Å². The quantitative estimate of drug-likeness (QED) is 0.586. The van der Waals surface area contributed by atoms with Gasteiger partial charge in [0.2, 0.25) is 0 Å². The minimum absolute atomic E-state index is 0.0680. The molecule has 1 aliphatic rings. The van der Waals surface area contributed by atoms with E-state index in [9.17, 15) is 4.79 Å². The second kappa shape index (κ2) is 8.05. The summed E-state index contributed by atoms with van der Waals surface area (Å²) in [6, 6.07) is 17.2. The molecular weight excluding hydrogens is 384 g/mol. The maximum atomic E-state index is 13.1. The molecule has 0 N–H and O–H groups in total. The number of halogens is 1. The molecule has 6 heteroatoms. The Bertz CT molecular complexity index is 1050. The molecule has 1 atom stereocenters. The van der Waals surface area contributed by atoms with Gasteiger partial charge in [-0.1, -0.05) is 23.7 Å². The molecule has 0 aliphatic carbocycles. The predicted molar refractivity (Wildman–Crippen MR) is 118 cm³/mol. The number of carbonyl (C=O) groups excluding carboxylic acids is 1. The first-order valence-electron chi connectivity index (χ1n) is 9.43. The number of anilines is 1. The van der Waals surface area contributed by atoms with Crippen molar-refractivity contribution in [1.82, 2.24) is 9.99 Å². The number of hydrogen-bond donors (Lipinski definition) is 0. The van der Waals surface area contributed by atoms with Crippen LogP contribution in [0.4, 0.5) is 10.5 Å². The zero-order chi connectivity index (χ0) is 20.4. The van der Waals surface area contributed by atoms with Crippen LogP contribution in [0, 0.1) is 0 Å². The van der Waals surface area contributed by atoms with Crippen molar-refractivity contribution >= 4 is 29.5 Å². The summed E-state index contributed by atoms with van der Waals surface area (Å²) in [5.74, 6) is 0. The predicted octanol–water partition coefficient (Wildman–Crippen LogP) is 5.24. The van der Waals surface area contributed by atoms with E-state index in [1.165, 1.54) is 5.56 Å². The van der Waals surface area contributed by atoms with E-state index in [1.54, 1.807) is 47.7 Å². The lowest BCUT2D eigenvalue weighted by Gasteiger charge is -2.28. The Morgan fingerprint density at radius 2 is 1.79 bits per heavy atom. The number of aromatic nitrogens is 1. The Labute approximate surface area is 175 Å². The second-order valence-corrected chi connectivity index (χ2v) is 7.55. The Balaban J connectivity index is 1.60. The summed E-state index contributed by atoms with van der Waals surface area (Å²) in [5.41, 5.74) is 5.16. The van der Waals surface area contributed by atoms with Gasteiger partial charge in [0.1, 0.15) is 0 Å². The third kappa shape index (κ3) is 4.00. The molecule has 0 saturated carbocycles.